The fourth-order valence-corrected chi connectivity index (χ4v) is 2.66. The van der Waals surface area contributed by atoms with Gasteiger partial charge < -0.3 is 16.0 Å². The molecule has 30 heavy (non-hydrogen) atoms. The largest absolute Gasteiger partial charge is 0.353 e. The number of Topliss-reactive ketones (excluding diaryl/α,β-unsaturated/α-hetero) is 1. The fraction of sp³-hybridized carbons (Fsp3) is 0.100. The second kappa shape index (κ2) is 8.78. The van der Waals surface area contributed by atoms with Gasteiger partial charge in [0.25, 0.3) is 0 Å². The van der Waals surface area contributed by atoms with E-state index in [-0.39, 0.29) is 29.0 Å². The zero-order valence-electron chi connectivity index (χ0n) is 16.2. The van der Waals surface area contributed by atoms with E-state index in [1.165, 1.54) is 20.2 Å². The molecule has 0 aliphatic carbocycles. The number of anilines is 5. The number of hydrogen-bond donors (Lipinski definition) is 3. The highest BCUT2D eigenvalue weighted by Crippen LogP contribution is 2.33. The third-order valence-electron chi connectivity index (χ3n) is 4.00. The summed E-state index contributed by atoms with van der Waals surface area (Å²) in [6, 6.07) is 13.2. The molecule has 0 saturated carbocycles. The zero-order chi connectivity index (χ0) is 21.7. The smallest absolute Gasteiger partial charge is 0.334 e. The van der Waals surface area contributed by atoms with Crippen molar-refractivity contribution < 1.29 is 14.5 Å². The van der Waals surface area contributed by atoms with Crippen LogP contribution in [-0.4, -0.2) is 26.6 Å². The molecule has 0 atom stereocenters. The van der Waals surface area contributed by atoms with Crippen LogP contribution in [0, 0.1) is 10.1 Å². The van der Waals surface area contributed by atoms with Gasteiger partial charge >= 0.3 is 5.69 Å². The molecule has 152 valence electrons. The lowest BCUT2D eigenvalue weighted by Gasteiger charge is -2.11. The van der Waals surface area contributed by atoms with Crippen LogP contribution in [0.5, 0.6) is 0 Å². The minimum absolute atomic E-state index is 0.00694. The number of amides is 1. The predicted octanol–water partition coefficient (Wildman–Crippen LogP) is 4.03. The Morgan fingerprint density at radius 3 is 2.07 bits per heavy atom. The molecule has 1 amide bonds. The van der Waals surface area contributed by atoms with Crippen molar-refractivity contribution in [2.45, 2.75) is 13.8 Å². The SMILES string of the molecule is CC(=O)Nc1ccc(Nc2ncnc(Nc3cccc(C(C)=O)c3)c2[N+](=O)[O-])cc1. The standard InChI is InChI=1S/C20H18N6O4/c1-12(27)14-4-3-5-17(10-14)25-20-18(26(29)30)19(21-11-22-20)24-16-8-6-15(7-9-16)23-13(2)28/h3-11H,1-2H3,(H,23,28)(H2,21,22,24,25). The second-order valence-electron chi connectivity index (χ2n) is 6.32. The fourth-order valence-electron chi connectivity index (χ4n) is 2.66. The van der Waals surface area contributed by atoms with E-state index in [1.807, 2.05) is 0 Å². The van der Waals surface area contributed by atoms with Crippen LogP contribution in [0.3, 0.4) is 0 Å². The van der Waals surface area contributed by atoms with Gasteiger partial charge in [-0.1, -0.05) is 12.1 Å². The Balaban J connectivity index is 1.89. The lowest BCUT2D eigenvalue weighted by atomic mass is 10.1. The second-order valence-corrected chi connectivity index (χ2v) is 6.32. The van der Waals surface area contributed by atoms with Crippen molar-refractivity contribution in [1.29, 1.82) is 0 Å². The number of carbonyl (C=O) groups is 2. The first-order valence-electron chi connectivity index (χ1n) is 8.85. The molecule has 0 radical (unpaired) electrons. The minimum atomic E-state index is -0.592. The molecule has 10 heteroatoms. The van der Waals surface area contributed by atoms with Gasteiger partial charge in [0.15, 0.2) is 5.78 Å². The van der Waals surface area contributed by atoms with Crippen molar-refractivity contribution in [2.75, 3.05) is 16.0 Å². The van der Waals surface area contributed by atoms with Crippen LogP contribution in [-0.2, 0) is 4.79 Å². The Hall–Kier alpha value is -4.34. The normalized spacial score (nSPS) is 10.2. The van der Waals surface area contributed by atoms with E-state index < -0.39 is 4.92 Å². The Kier molecular flexibility index (Phi) is 5.97. The molecule has 0 bridgehead atoms. The van der Waals surface area contributed by atoms with Crippen molar-refractivity contribution in [2.24, 2.45) is 0 Å². The van der Waals surface area contributed by atoms with Gasteiger partial charge in [0, 0.05) is 29.5 Å². The van der Waals surface area contributed by atoms with Crippen LogP contribution in [0.25, 0.3) is 0 Å². The summed E-state index contributed by atoms with van der Waals surface area (Å²) in [5.74, 6) is -0.354. The number of aromatic nitrogens is 2. The number of benzene rings is 2. The molecule has 0 unspecified atom stereocenters. The van der Waals surface area contributed by atoms with Gasteiger partial charge in [-0.2, -0.15) is 0 Å². The minimum Gasteiger partial charge on any atom is -0.334 e. The molecular formula is C20H18N6O4. The average Bonchev–Trinajstić information content (AvgIpc) is 2.69. The van der Waals surface area contributed by atoms with Gasteiger partial charge in [-0.25, -0.2) is 9.97 Å². The Morgan fingerprint density at radius 1 is 0.900 bits per heavy atom. The highest BCUT2D eigenvalue weighted by atomic mass is 16.6. The Morgan fingerprint density at radius 2 is 1.50 bits per heavy atom. The maximum Gasteiger partial charge on any atom is 0.353 e. The first-order chi connectivity index (χ1) is 14.3. The number of nitrogens with one attached hydrogen (secondary N) is 3. The monoisotopic (exact) mass is 406 g/mol. The van der Waals surface area contributed by atoms with Crippen molar-refractivity contribution >= 4 is 46.1 Å². The molecule has 0 aliphatic heterocycles. The first-order valence-corrected chi connectivity index (χ1v) is 8.85. The molecule has 3 N–H and O–H groups in total. The Bertz CT molecular complexity index is 1110. The maximum atomic E-state index is 11.7. The third kappa shape index (κ3) is 4.93. The van der Waals surface area contributed by atoms with Crippen molar-refractivity contribution in [3.63, 3.8) is 0 Å². The van der Waals surface area contributed by atoms with E-state index in [1.54, 1.807) is 48.5 Å². The lowest BCUT2D eigenvalue weighted by Crippen LogP contribution is -2.07. The van der Waals surface area contributed by atoms with E-state index in [2.05, 4.69) is 25.9 Å². The molecular weight excluding hydrogens is 388 g/mol. The van der Waals surface area contributed by atoms with Crippen LogP contribution in [0.1, 0.15) is 24.2 Å². The molecule has 3 aromatic rings. The molecule has 3 rings (SSSR count). The zero-order valence-corrected chi connectivity index (χ0v) is 16.2. The van der Waals surface area contributed by atoms with Crippen LogP contribution in [0.4, 0.5) is 34.4 Å². The predicted molar refractivity (Wildman–Crippen MR) is 112 cm³/mol. The molecule has 2 aromatic carbocycles. The van der Waals surface area contributed by atoms with Crippen molar-refractivity contribution in [1.82, 2.24) is 9.97 Å². The molecule has 0 aliphatic rings. The summed E-state index contributed by atoms with van der Waals surface area (Å²) < 4.78 is 0. The molecule has 0 spiro atoms. The van der Waals surface area contributed by atoms with Gasteiger partial charge in [-0.05, 0) is 43.3 Å². The summed E-state index contributed by atoms with van der Waals surface area (Å²) in [5.41, 5.74) is 1.73. The van der Waals surface area contributed by atoms with Gasteiger partial charge in [0.2, 0.25) is 17.5 Å². The molecule has 0 saturated heterocycles. The van der Waals surface area contributed by atoms with Crippen molar-refractivity contribution in [3.8, 4) is 0 Å². The van der Waals surface area contributed by atoms with E-state index in [4.69, 9.17) is 0 Å². The lowest BCUT2D eigenvalue weighted by molar-refractivity contribution is -0.383. The number of ketones is 1. The highest BCUT2D eigenvalue weighted by Gasteiger charge is 2.23. The first kappa shape index (κ1) is 20.4. The molecule has 0 fully saturated rings. The number of rotatable bonds is 7. The summed E-state index contributed by atoms with van der Waals surface area (Å²) in [4.78, 5) is 41.8. The summed E-state index contributed by atoms with van der Waals surface area (Å²) in [5, 5.41) is 20.1. The summed E-state index contributed by atoms with van der Waals surface area (Å²) in [7, 11) is 0. The number of hydrogen-bond acceptors (Lipinski definition) is 8. The third-order valence-corrected chi connectivity index (χ3v) is 4.00. The quantitative estimate of drug-likeness (QED) is 0.303. The van der Waals surface area contributed by atoms with Crippen LogP contribution >= 0.6 is 0 Å². The summed E-state index contributed by atoms with van der Waals surface area (Å²) in [6.45, 7) is 2.84. The van der Waals surface area contributed by atoms with Crippen molar-refractivity contribution in [3.05, 3.63) is 70.5 Å². The van der Waals surface area contributed by atoms with Crippen LogP contribution in [0.2, 0.25) is 0 Å². The molecule has 10 nitrogen and oxygen atoms in total. The van der Waals surface area contributed by atoms with E-state index >= 15 is 0 Å². The molecule has 1 heterocycles. The van der Waals surface area contributed by atoms with E-state index in [0.717, 1.165) is 0 Å². The Labute approximate surface area is 171 Å². The highest BCUT2D eigenvalue weighted by molar-refractivity contribution is 5.95. The van der Waals surface area contributed by atoms with Gasteiger partial charge in [0.1, 0.15) is 6.33 Å². The van der Waals surface area contributed by atoms with Crippen LogP contribution in [0.15, 0.2) is 54.9 Å². The average molecular weight is 406 g/mol. The number of carbonyl (C=O) groups excluding carboxylic acids is 2. The van der Waals surface area contributed by atoms with E-state index in [0.29, 0.717) is 22.6 Å². The summed E-state index contributed by atoms with van der Waals surface area (Å²) in [6.07, 6.45) is 1.19. The number of nitro groups is 1. The number of nitrogens with zero attached hydrogens (tertiary/aromatic N) is 3. The summed E-state index contributed by atoms with van der Waals surface area (Å²) >= 11 is 0. The topological polar surface area (TPSA) is 139 Å². The molecule has 1 aromatic heterocycles. The maximum absolute atomic E-state index is 11.7. The van der Waals surface area contributed by atoms with Gasteiger partial charge in [-0.3, -0.25) is 19.7 Å². The van der Waals surface area contributed by atoms with Crippen LogP contribution < -0.4 is 16.0 Å². The van der Waals surface area contributed by atoms with Gasteiger partial charge in [-0.15, -0.1) is 0 Å². The van der Waals surface area contributed by atoms with Gasteiger partial charge in [0.05, 0.1) is 4.92 Å². The van der Waals surface area contributed by atoms with E-state index in [9.17, 15) is 19.7 Å².